The summed E-state index contributed by atoms with van der Waals surface area (Å²) in [6, 6.07) is 7.29. The molecule has 3 unspecified atom stereocenters. The standard InChI is InChI=1S/C14H20FNO/c1-10-12(7-8-17-10)14(16-2)9-11-5-3-4-6-13(11)15/h3-6,10,12,14,16H,7-9H2,1-2H3. The predicted molar refractivity (Wildman–Crippen MR) is 66.5 cm³/mol. The van der Waals surface area contributed by atoms with Gasteiger partial charge in [0, 0.05) is 18.6 Å². The van der Waals surface area contributed by atoms with Crippen LogP contribution in [0, 0.1) is 11.7 Å². The highest BCUT2D eigenvalue weighted by Crippen LogP contribution is 2.26. The van der Waals surface area contributed by atoms with Gasteiger partial charge in [-0.3, -0.25) is 0 Å². The van der Waals surface area contributed by atoms with Gasteiger partial charge in [0.2, 0.25) is 0 Å². The van der Waals surface area contributed by atoms with Crippen LogP contribution in [-0.4, -0.2) is 25.8 Å². The van der Waals surface area contributed by atoms with Crippen LogP contribution >= 0.6 is 0 Å². The highest BCUT2D eigenvalue weighted by Gasteiger charge is 2.31. The van der Waals surface area contributed by atoms with Crippen molar-refractivity contribution in [1.29, 1.82) is 0 Å². The molecule has 1 saturated heterocycles. The number of likely N-dealkylation sites (N-methyl/N-ethyl adjacent to an activating group) is 1. The Morgan fingerprint density at radius 3 is 2.82 bits per heavy atom. The quantitative estimate of drug-likeness (QED) is 0.868. The zero-order valence-electron chi connectivity index (χ0n) is 10.4. The monoisotopic (exact) mass is 237 g/mol. The van der Waals surface area contributed by atoms with Gasteiger partial charge in [-0.25, -0.2) is 4.39 Å². The maximum atomic E-state index is 13.6. The molecule has 0 saturated carbocycles. The van der Waals surface area contributed by atoms with E-state index in [1.165, 1.54) is 6.07 Å². The van der Waals surface area contributed by atoms with Gasteiger partial charge in [-0.15, -0.1) is 0 Å². The van der Waals surface area contributed by atoms with Gasteiger partial charge in [0.25, 0.3) is 0 Å². The SMILES string of the molecule is CNC(Cc1ccccc1F)C1CCOC1C. The molecule has 2 nitrogen and oxygen atoms in total. The van der Waals surface area contributed by atoms with Crippen LogP contribution in [-0.2, 0) is 11.2 Å². The summed E-state index contributed by atoms with van der Waals surface area (Å²) in [4.78, 5) is 0. The summed E-state index contributed by atoms with van der Waals surface area (Å²) in [6.45, 7) is 2.92. The molecule has 0 spiro atoms. The topological polar surface area (TPSA) is 21.3 Å². The van der Waals surface area contributed by atoms with E-state index in [0.29, 0.717) is 5.92 Å². The molecule has 1 aliphatic heterocycles. The van der Waals surface area contributed by atoms with E-state index in [1.807, 2.05) is 19.2 Å². The lowest BCUT2D eigenvalue weighted by Crippen LogP contribution is -2.39. The fourth-order valence-electron chi connectivity index (χ4n) is 2.65. The van der Waals surface area contributed by atoms with E-state index >= 15 is 0 Å². The maximum absolute atomic E-state index is 13.6. The van der Waals surface area contributed by atoms with E-state index in [1.54, 1.807) is 6.07 Å². The molecule has 94 valence electrons. The van der Waals surface area contributed by atoms with E-state index in [9.17, 15) is 4.39 Å². The third-order valence-corrected chi connectivity index (χ3v) is 3.72. The largest absolute Gasteiger partial charge is 0.378 e. The van der Waals surface area contributed by atoms with Crippen molar-refractivity contribution >= 4 is 0 Å². The maximum Gasteiger partial charge on any atom is 0.126 e. The van der Waals surface area contributed by atoms with Gasteiger partial charge in [-0.05, 0) is 38.4 Å². The smallest absolute Gasteiger partial charge is 0.126 e. The van der Waals surface area contributed by atoms with E-state index in [4.69, 9.17) is 4.74 Å². The summed E-state index contributed by atoms with van der Waals surface area (Å²) in [6.07, 6.45) is 2.04. The summed E-state index contributed by atoms with van der Waals surface area (Å²) < 4.78 is 19.2. The fourth-order valence-corrected chi connectivity index (χ4v) is 2.65. The van der Waals surface area contributed by atoms with Gasteiger partial charge in [-0.1, -0.05) is 18.2 Å². The van der Waals surface area contributed by atoms with Crippen molar-refractivity contribution in [2.45, 2.75) is 31.9 Å². The Labute approximate surface area is 102 Å². The molecule has 3 heteroatoms. The van der Waals surface area contributed by atoms with Gasteiger partial charge in [0.15, 0.2) is 0 Å². The van der Waals surface area contributed by atoms with Crippen LogP contribution in [0.3, 0.4) is 0 Å². The summed E-state index contributed by atoms with van der Waals surface area (Å²) in [5, 5.41) is 3.30. The number of benzene rings is 1. The van der Waals surface area contributed by atoms with Crippen LogP contribution in [0.1, 0.15) is 18.9 Å². The number of nitrogens with one attached hydrogen (secondary N) is 1. The van der Waals surface area contributed by atoms with Gasteiger partial charge in [0.05, 0.1) is 6.10 Å². The van der Waals surface area contributed by atoms with Crippen molar-refractivity contribution in [2.75, 3.05) is 13.7 Å². The molecule has 1 fully saturated rings. The molecule has 0 radical (unpaired) electrons. The van der Waals surface area contributed by atoms with Gasteiger partial charge in [0.1, 0.15) is 5.82 Å². The Hall–Kier alpha value is -0.930. The van der Waals surface area contributed by atoms with Gasteiger partial charge >= 0.3 is 0 Å². The third-order valence-electron chi connectivity index (χ3n) is 3.72. The Bertz CT molecular complexity index is 369. The molecule has 2 rings (SSSR count). The minimum atomic E-state index is -0.112. The molecular weight excluding hydrogens is 217 g/mol. The van der Waals surface area contributed by atoms with E-state index in [-0.39, 0.29) is 18.0 Å². The van der Waals surface area contributed by atoms with Crippen molar-refractivity contribution < 1.29 is 9.13 Å². The fraction of sp³-hybridized carbons (Fsp3) is 0.571. The van der Waals surface area contributed by atoms with Crippen LogP contribution < -0.4 is 5.32 Å². The molecular formula is C14H20FNO. The first-order valence-electron chi connectivity index (χ1n) is 6.24. The second kappa shape index (κ2) is 5.61. The van der Waals surface area contributed by atoms with E-state index in [0.717, 1.165) is 25.0 Å². The number of hydrogen-bond donors (Lipinski definition) is 1. The molecule has 0 amide bonds. The average molecular weight is 237 g/mol. The first-order chi connectivity index (χ1) is 8.22. The number of ether oxygens (including phenoxy) is 1. The summed E-state index contributed by atoms with van der Waals surface area (Å²) in [7, 11) is 1.94. The Balaban J connectivity index is 2.07. The van der Waals surface area contributed by atoms with E-state index in [2.05, 4.69) is 12.2 Å². The molecule has 0 aliphatic carbocycles. The predicted octanol–water partition coefficient (Wildman–Crippen LogP) is 2.38. The second-order valence-electron chi connectivity index (χ2n) is 4.72. The Kier molecular flexibility index (Phi) is 4.13. The molecule has 1 aromatic rings. The molecule has 1 aromatic carbocycles. The lowest BCUT2D eigenvalue weighted by Gasteiger charge is -2.25. The van der Waals surface area contributed by atoms with Crippen LogP contribution in [0.4, 0.5) is 4.39 Å². The normalized spacial score (nSPS) is 26.1. The van der Waals surface area contributed by atoms with Crippen molar-refractivity contribution in [3.05, 3.63) is 35.6 Å². The second-order valence-corrected chi connectivity index (χ2v) is 4.72. The average Bonchev–Trinajstić information content (AvgIpc) is 2.75. The molecule has 0 bridgehead atoms. The molecule has 1 heterocycles. The van der Waals surface area contributed by atoms with Crippen LogP contribution in [0.25, 0.3) is 0 Å². The van der Waals surface area contributed by atoms with Crippen molar-refractivity contribution in [3.8, 4) is 0 Å². The first-order valence-corrected chi connectivity index (χ1v) is 6.24. The number of hydrogen-bond acceptors (Lipinski definition) is 2. The third kappa shape index (κ3) is 2.85. The van der Waals surface area contributed by atoms with Crippen molar-refractivity contribution in [3.63, 3.8) is 0 Å². The minimum Gasteiger partial charge on any atom is -0.378 e. The molecule has 3 atom stereocenters. The summed E-state index contributed by atoms with van der Waals surface area (Å²) >= 11 is 0. The lowest BCUT2D eigenvalue weighted by atomic mass is 9.89. The lowest BCUT2D eigenvalue weighted by molar-refractivity contribution is 0.0962. The molecule has 17 heavy (non-hydrogen) atoms. The van der Waals surface area contributed by atoms with Crippen molar-refractivity contribution in [1.82, 2.24) is 5.32 Å². The first kappa shape index (κ1) is 12.5. The molecule has 1 aliphatic rings. The minimum absolute atomic E-state index is 0.112. The molecule has 1 N–H and O–H groups in total. The number of rotatable bonds is 4. The Morgan fingerprint density at radius 2 is 2.24 bits per heavy atom. The van der Waals surface area contributed by atoms with E-state index < -0.39 is 0 Å². The zero-order chi connectivity index (χ0) is 12.3. The highest BCUT2D eigenvalue weighted by molar-refractivity contribution is 5.18. The van der Waals surface area contributed by atoms with Crippen molar-refractivity contribution in [2.24, 2.45) is 5.92 Å². The molecule has 0 aromatic heterocycles. The Morgan fingerprint density at radius 1 is 1.47 bits per heavy atom. The number of halogens is 1. The zero-order valence-corrected chi connectivity index (χ0v) is 10.4. The highest BCUT2D eigenvalue weighted by atomic mass is 19.1. The van der Waals surface area contributed by atoms with Crippen LogP contribution in [0.2, 0.25) is 0 Å². The van der Waals surface area contributed by atoms with Crippen LogP contribution in [0.15, 0.2) is 24.3 Å². The summed E-state index contributed by atoms with van der Waals surface area (Å²) in [5.74, 6) is 0.360. The van der Waals surface area contributed by atoms with Gasteiger partial charge < -0.3 is 10.1 Å². The van der Waals surface area contributed by atoms with Gasteiger partial charge in [-0.2, -0.15) is 0 Å². The van der Waals surface area contributed by atoms with Crippen LogP contribution in [0.5, 0.6) is 0 Å². The summed E-state index contributed by atoms with van der Waals surface area (Å²) in [5.41, 5.74) is 0.783.